The Kier molecular flexibility index (Phi) is 4.55. The van der Waals surface area contributed by atoms with Gasteiger partial charge in [0, 0.05) is 42.3 Å². The first kappa shape index (κ1) is 16.2. The molecular formula is C20H19N5O. The van der Waals surface area contributed by atoms with Crippen LogP contribution in [0.25, 0.3) is 0 Å². The van der Waals surface area contributed by atoms with Gasteiger partial charge >= 0.3 is 0 Å². The standard InChI is InChI=1S/C20H19N5O/c26-19-12-15(11-18(24-19)14-5-4-9-21-13-14)17-8-10-22-20(25-17)23-16-6-2-1-3-7-16/h1-10,13,15,18H,11-12H2,(H,24,26)(H,22,23,25). The zero-order valence-electron chi connectivity index (χ0n) is 14.2. The molecule has 0 saturated carbocycles. The molecule has 0 aliphatic carbocycles. The lowest BCUT2D eigenvalue weighted by Crippen LogP contribution is -2.36. The van der Waals surface area contributed by atoms with Gasteiger partial charge in [0.25, 0.3) is 0 Å². The number of anilines is 2. The molecule has 3 aromatic rings. The van der Waals surface area contributed by atoms with Gasteiger partial charge in [0.1, 0.15) is 0 Å². The van der Waals surface area contributed by atoms with Crippen LogP contribution < -0.4 is 10.6 Å². The molecule has 26 heavy (non-hydrogen) atoms. The van der Waals surface area contributed by atoms with Crippen molar-refractivity contribution < 1.29 is 4.79 Å². The number of nitrogens with one attached hydrogen (secondary N) is 2. The van der Waals surface area contributed by atoms with Crippen molar-refractivity contribution >= 4 is 17.5 Å². The Morgan fingerprint density at radius 3 is 2.73 bits per heavy atom. The molecule has 2 unspecified atom stereocenters. The van der Waals surface area contributed by atoms with Crippen molar-refractivity contribution in [2.24, 2.45) is 0 Å². The summed E-state index contributed by atoms with van der Waals surface area (Å²) in [5.41, 5.74) is 2.82. The number of benzene rings is 1. The van der Waals surface area contributed by atoms with Crippen molar-refractivity contribution in [3.05, 3.63) is 78.4 Å². The van der Waals surface area contributed by atoms with Crippen LogP contribution in [0, 0.1) is 0 Å². The average Bonchev–Trinajstić information content (AvgIpc) is 2.69. The summed E-state index contributed by atoms with van der Waals surface area (Å²) >= 11 is 0. The minimum atomic E-state index is -0.0459. The van der Waals surface area contributed by atoms with Gasteiger partial charge in [-0.1, -0.05) is 24.3 Å². The highest BCUT2D eigenvalue weighted by molar-refractivity contribution is 5.78. The zero-order valence-corrected chi connectivity index (χ0v) is 14.2. The predicted octanol–water partition coefficient (Wildman–Crippen LogP) is 3.35. The van der Waals surface area contributed by atoms with E-state index in [0.29, 0.717) is 12.4 Å². The third-order valence-electron chi connectivity index (χ3n) is 4.50. The summed E-state index contributed by atoms with van der Waals surface area (Å²) in [6.45, 7) is 0. The fraction of sp³-hybridized carbons (Fsp3) is 0.200. The van der Waals surface area contributed by atoms with Gasteiger partial charge in [-0.05, 0) is 36.2 Å². The first-order valence-corrected chi connectivity index (χ1v) is 8.62. The number of pyridine rings is 1. The summed E-state index contributed by atoms with van der Waals surface area (Å²) in [5.74, 6) is 0.622. The van der Waals surface area contributed by atoms with Gasteiger partial charge < -0.3 is 10.6 Å². The third-order valence-corrected chi connectivity index (χ3v) is 4.50. The predicted molar refractivity (Wildman–Crippen MR) is 98.9 cm³/mol. The van der Waals surface area contributed by atoms with E-state index in [1.807, 2.05) is 48.5 Å². The van der Waals surface area contributed by atoms with Crippen molar-refractivity contribution in [2.75, 3.05) is 5.32 Å². The maximum atomic E-state index is 12.2. The molecular weight excluding hydrogens is 326 g/mol. The number of piperidine rings is 1. The Hall–Kier alpha value is -3.28. The van der Waals surface area contributed by atoms with Gasteiger partial charge in [0.05, 0.1) is 6.04 Å². The number of aromatic nitrogens is 3. The van der Waals surface area contributed by atoms with E-state index in [2.05, 4.69) is 25.6 Å². The van der Waals surface area contributed by atoms with E-state index in [9.17, 15) is 4.79 Å². The van der Waals surface area contributed by atoms with Gasteiger partial charge in [0.15, 0.2) is 0 Å². The van der Waals surface area contributed by atoms with Gasteiger partial charge in [-0.25, -0.2) is 9.97 Å². The minimum Gasteiger partial charge on any atom is -0.349 e. The number of nitrogens with zero attached hydrogens (tertiary/aromatic N) is 3. The largest absolute Gasteiger partial charge is 0.349 e. The molecule has 0 bridgehead atoms. The highest BCUT2D eigenvalue weighted by atomic mass is 16.1. The van der Waals surface area contributed by atoms with Gasteiger partial charge in [-0.3, -0.25) is 9.78 Å². The molecule has 130 valence electrons. The molecule has 2 aromatic heterocycles. The van der Waals surface area contributed by atoms with Crippen LogP contribution in [0.1, 0.15) is 36.1 Å². The van der Waals surface area contributed by atoms with E-state index in [-0.39, 0.29) is 17.9 Å². The molecule has 2 N–H and O–H groups in total. The molecule has 1 saturated heterocycles. The molecule has 1 aliphatic rings. The molecule has 6 nitrogen and oxygen atoms in total. The third kappa shape index (κ3) is 3.69. The zero-order chi connectivity index (χ0) is 17.8. The molecule has 6 heteroatoms. The fourth-order valence-electron chi connectivity index (χ4n) is 3.24. The van der Waals surface area contributed by atoms with Crippen LogP contribution in [0.4, 0.5) is 11.6 Å². The Balaban J connectivity index is 1.54. The molecule has 0 spiro atoms. The number of hydrogen-bond acceptors (Lipinski definition) is 5. The monoisotopic (exact) mass is 345 g/mol. The molecule has 0 radical (unpaired) electrons. The van der Waals surface area contributed by atoms with Crippen molar-refractivity contribution in [2.45, 2.75) is 24.8 Å². The number of rotatable bonds is 4. The number of carbonyl (C=O) groups excluding carboxylic acids is 1. The molecule has 2 atom stereocenters. The second kappa shape index (κ2) is 7.31. The van der Waals surface area contributed by atoms with E-state index in [1.54, 1.807) is 18.6 Å². The van der Waals surface area contributed by atoms with Crippen LogP contribution in [0.5, 0.6) is 0 Å². The Morgan fingerprint density at radius 2 is 1.92 bits per heavy atom. The number of carbonyl (C=O) groups is 1. The summed E-state index contributed by atoms with van der Waals surface area (Å²) in [5, 5.41) is 6.25. The minimum absolute atomic E-state index is 0.0336. The summed E-state index contributed by atoms with van der Waals surface area (Å²) in [6, 6.07) is 15.5. The molecule has 4 rings (SSSR count). The van der Waals surface area contributed by atoms with E-state index in [0.717, 1.165) is 23.4 Å². The lowest BCUT2D eigenvalue weighted by molar-refractivity contribution is -0.123. The first-order valence-electron chi connectivity index (χ1n) is 8.62. The van der Waals surface area contributed by atoms with E-state index >= 15 is 0 Å². The summed E-state index contributed by atoms with van der Waals surface area (Å²) in [7, 11) is 0. The fourth-order valence-corrected chi connectivity index (χ4v) is 3.24. The van der Waals surface area contributed by atoms with Crippen molar-refractivity contribution in [1.29, 1.82) is 0 Å². The van der Waals surface area contributed by atoms with Crippen LogP contribution in [0.2, 0.25) is 0 Å². The molecule has 1 fully saturated rings. The number of para-hydroxylation sites is 1. The lowest BCUT2D eigenvalue weighted by Gasteiger charge is -2.29. The second-order valence-corrected chi connectivity index (χ2v) is 6.34. The topological polar surface area (TPSA) is 79.8 Å². The Bertz CT molecular complexity index is 885. The Morgan fingerprint density at radius 1 is 1.04 bits per heavy atom. The van der Waals surface area contributed by atoms with Crippen LogP contribution in [0.3, 0.4) is 0 Å². The summed E-state index contributed by atoms with van der Waals surface area (Å²) < 4.78 is 0. The van der Waals surface area contributed by atoms with E-state index in [1.165, 1.54) is 0 Å². The first-order chi connectivity index (χ1) is 12.8. The molecule has 1 aromatic carbocycles. The number of hydrogen-bond donors (Lipinski definition) is 2. The second-order valence-electron chi connectivity index (χ2n) is 6.34. The molecule has 1 aliphatic heterocycles. The van der Waals surface area contributed by atoms with Gasteiger partial charge in [-0.15, -0.1) is 0 Å². The molecule has 1 amide bonds. The lowest BCUT2D eigenvalue weighted by atomic mass is 9.86. The van der Waals surface area contributed by atoms with Gasteiger partial charge in [-0.2, -0.15) is 0 Å². The van der Waals surface area contributed by atoms with Gasteiger partial charge in [0.2, 0.25) is 11.9 Å². The quantitative estimate of drug-likeness (QED) is 0.758. The van der Waals surface area contributed by atoms with Crippen LogP contribution in [0.15, 0.2) is 67.1 Å². The summed E-state index contributed by atoms with van der Waals surface area (Å²) in [6.07, 6.45) is 6.49. The molecule has 3 heterocycles. The highest BCUT2D eigenvalue weighted by Crippen LogP contribution is 2.33. The van der Waals surface area contributed by atoms with E-state index < -0.39 is 0 Å². The Labute approximate surface area is 151 Å². The van der Waals surface area contributed by atoms with Crippen LogP contribution in [-0.2, 0) is 4.79 Å². The average molecular weight is 345 g/mol. The number of amides is 1. The van der Waals surface area contributed by atoms with Crippen molar-refractivity contribution in [1.82, 2.24) is 20.3 Å². The summed E-state index contributed by atoms with van der Waals surface area (Å²) in [4.78, 5) is 25.3. The SMILES string of the molecule is O=C1CC(c2ccnc(Nc3ccccc3)n2)CC(c2cccnc2)N1. The van der Waals surface area contributed by atoms with Crippen molar-refractivity contribution in [3.63, 3.8) is 0 Å². The van der Waals surface area contributed by atoms with E-state index in [4.69, 9.17) is 0 Å². The maximum Gasteiger partial charge on any atom is 0.227 e. The van der Waals surface area contributed by atoms with Crippen molar-refractivity contribution in [3.8, 4) is 0 Å². The smallest absolute Gasteiger partial charge is 0.227 e. The van der Waals surface area contributed by atoms with Crippen LogP contribution in [-0.4, -0.2) is 20.9 Å². The maximum absolute atomic E-state index is 12.2. The normalized spacial score (nSPS) is 19.6. The van der Waals surface area contributed by atoms with Crippen LogP contribution >= 0.6 is 0 Å². The highest BCUT2D eigenvalue weighted by Gasteiger charge is 2.29.